The van der Waals surface area contributed by atoms with Gasteiger partial charge in [0.1, 0.15) is 42.1 Å². The lowest BCUT2D eigenvalue weighted by atomic mass is 9.88. The highest BCUT2D eigenvalue weighted by atomic mass is 16.7. The molecule has 0 spiro atoms. The summed E-state index contributed by atoms with van der Waals surface area (Å²) in [5, 5.41) is 22.9. The minimum absolute atomic E-state index is 0.0794. The Morgan fingerprint density at radius 3 is 1.91 bits per heavy atom. The molecule has 1 aliphatic heterocycles. The Hall–Kier alpha value is -3.44. The predicted octanol–water partition coefficient (Wildman–Crippen LogP) is 4.16. The number of methoxy groups -OCH3 is 1. The van der Waals surface area contributed by atoms with Gasteiger partial charge in [0.05, 0.1) is 26.9 Å². The monoisotopic (exact) mass is 593 g/mol. The first-order valence-corrected chi connectivity index (χ1v) is 14.2. The maximum atomic E-state index is 13.1. The number of ether oxygens (including phenoxy) is 5. The van der Waals surface area contributed by atoms with Crippen molar-refractivity contribution in [2.24, 2.45) is 0 Å². The summed E-state index contributed by atoms with van der Waals surface area (Å²) in [7, 11) is 1.58. The SMILES string of the molecule is [2H]C(CC(=O)C(O)[C@H]1OC(C)(O)[C@H](OCc2ccc(OC)cc2)[C@@H](OCc2ccccc2)[C@H]1OCc1ccccc1)C(C)=O. The lowest BCUT2D eigenvalue weighted by Gasteiger charge is -2.50. The Kier molecular flexibility index (Phi) is 11.1. The molecule has 4 rings (SSSR count). The largest absolute Gasteiger partial charge is 0.497 e. The average molecular weight is 594 g/mol. The molecule has 9 heteroatoms. The van der Waals surface area contributed by atoms with E-state index in [0.29, 0.717) is 5.75 Å². The van der Waals surface area contributed by atoms with Crippen molar-refractivity contribution in [3.05, 3.63) is 102 Å². The quantitative estimate of drug-likeness (QED) is 0.268. The van der Waals surface area contributed by atoms with Crippen molar-refractivity contribution in [3.63, 3.8) is 0 Å². The lowest BCUT2D eigenvalue weighted by molar-refractivity contribution is -0.367. The van der Waals surface area contributed by atoms with Crippen LogP contribution in [-0.2, 0) is 48.4 Å². The molecule has 43 heavy (non-hydrogen) atoms. The maximum Gasteiger partial charge on any atom is 0.192 e. The summed E-state index contributed by atoms with van der Waals surface area (Å²) in [4.78, 5) is 24.8. The number of carbonyl (C=O) groups excluding carboxylic acids is 2. The summed E-state index contributed by atoms with van der Waals surface area (Å²) in [6.45, 7) is 2.87. The summed E-state index contributed by atoms with van der Waals surface area (Å²) < 4.78 is 38.2. The van der Waals surface area contributed by atoms with E-state index in [0.717, 1.165) is 16.7 Å². The number of carbonyl (C=O) groups is 2. The van der Waals surface area contributed by atoms with Gasteiger partial charge in [-0.25, -0.2) is 0 Å². The highest BCUT2D eigenvalue weighted by Gasteiger charge is 2.56. The molecular weight excluding hydrogens is 552 g/mol. The first-order chi connectivity index (χ1) is 21.1. The zero-order valence-corrected chi connectivity index (χ0v) is 24.6. The van der Waals surface area contributed by atoms with Crippen LogP contribution in [0.25, 0.3) is 0 Å². The van der Waals surface area contributed by atoms with Crippen molar-refractivity contribution in [2.75, 3.05) is 7.11 Å². The van der Waals surface area contributed by atoms with Gasteiger partial charge in [0.25, 0.3) is 0 Å². The smallest absolute Gasteiger partial charge is 0.192 e. The van der Waals surface area contributed by atoms with Gasteiger partial charge in [-0.05, 0) is 42.7 Å². The molecular formula is C34H40O9. The number of aliphatic hydroxyl groups is 2. The highest BCUT2D eigenvalue weighted by molar-refractivity contribution is 5.88. The zero-order chi connectivity index (χ0) is 31.7. The van der Waals surface area contributed by atoms with Gasteiger partial charge in [-0.15, -0.1) is 0 Å². The van der Waals surface area contributed by atoms with Crippen molar-refractivity contribution in [3.8, 4) is 5.75 Å². The van der Waals surface area contributed by atoms with Crippen LogP contribution in [-0.4, -0.2) is 65.2 Å². The van der Waals surface area contributed by atoms with Gasteiger partial charge in [0.15, 0.2) is 11.6 Å². The number of aliphatic hydroxyl groups excluding tert-OH is 1. The molecule has 0 aromatic heterocycles. The van der Waals surface area contributed by atoms with Gasteiger partial charge in [-0.2, -0.15) is 0 Å². The molecule has 1 fully saturated rings. The van der Waals surface area contributed by atoms with Crippen molar-refractivity contribution in [1.29, 1.82) is 0 Å². The van der Waals surface area contributed by atoms with Crippen LogP contribution in [0.1, 0.15) is 44.7 Å². The molecule has 9 nitrogen and oxygen atoms in total. The normalized spacial score (nSPS) is 25.4. The Balaban J connectivity index is 1.67. The number of rotatable bonds is 15. The summed E-state index contributed by atoms with van der Waals surface area (Å²) in [6.07, 6.45) is -8.31. The molecule has 2 N–H and O–H groups in total. The molecule has 0 aliphatic carbocycles. The van der Waals surface area contributed by atoms with Crippen LogP contribution in [0.5, 0.6) is 5.75 Å². The minimum Gasteiger partial charge on any atom is -0.497 e. The van der Waals surface area contributed by atoms with Crippen molar-refractivity contribution >= 4 is 11.6 Å². The van der Waals surface area contributed by atoms with Crippen molar-refractivity contribution < 1.29 is 44.9 Å². The second-order valence-electron chi connectivity index (χ2n) is 10.7. The summed E-state index contributed by atoms with van der Waals surface area (Å²) in [6, 6.07) is 26.0. The second-order valence-corrected chi connectivity index (χ2v) is 10.7. The molecule has 0 bridgehead atoms. The first-order valence-electron chi connectivity index (χ1n) is 14.8. The molecule has 230 valence electrons. The van der Waals surface area contributed by atoms with E-state index < -0.39 is 60.7 Å². The van der Waals surface area contributed by atoms with Crippen LogP contribution in [0, 0.1) is 0 Å². The second kappa shape index (κ2) is 15.3. The number of hydrogen-bond donors (Lipinski definition) is 2. The molecule has 1 aliphatic rings. The van der Waals surface area contributed by atoms with E-state index in [4.69, 9.17) is 25.1 Å². The number of Topliss-reactive ketones (excluding diaryl/α,β-unsaturated/α-hetero) is 2. The molecule has 0 amide bonds. The Bertz CT molecular complexity index is 1330. The molecule has 3 aromatic carbocycles. The van der Waals surface area contributed by atoms with Crippen LogP contribution in [0.3, 0.4) is 0 Å². The third-order valence-corrected chi connectivity index (χ3v) is 7.24. The van der Waals surface area contributed by atoms with E-state index in [-0.39, 0.29) is 19.8 Å². The predicted molar refractivity (Wildman–Crippen MR) is 158 cm³/mol. The van der Waals surface area contributed by atoms with Gasteiger partial charge >= 0.3 is 0 Å². The fourth-order valence-corrected chi connectivity index (χ4v) is 4.93. The molecule has 0 radical (unpaired) electrons. The number of benzene rings is 3. The fraction of sp³-hybridized carbons (Fsp3) is 0.412. The summed E-state index contributed by atoms with van der Waals surface area (Å²) in [5.74, 6) is -2.64. The standard InChI is InChI=1S/C34H40O9/c1-23(35)14-19-28(36)29(37)30-31(40-20-24-10-6-4-7-11-24)32(41-21-25-12-8-5-9-13-25)33(34(2,38)43-30)42-22-26-15-17-27(39-3)18-16-26/h4-13,15-18,29-33,37-38H,14,19-22H2,1-3H3/t29?,30-,31+,32+,33-,34?/m1/s1/i14D/t14?,29?,30-,31+,32+,33-,34?. The third-order valence-electron chi connectivity index (χ3n) is 7.24. The van der Waals surface area contributed by atoms with Crippen LogP contribution in [0.4, 0.5) is 0 Å². The van der Waals surface area contributed by atoms with Crippen molar-refractivity contribution in [1.82, 2.24) is 0 Å². The molecule has 0 saturated carbocycles. The van der Waals surface area contributed by atoms with Gasteiger partial charge < -0.3 is 38.7 Å². The maximum absolute atomic E-state index is 13.1. The fourth-order valence-electron chi connectivity index (χ4n) is 4.93. The van der Waals surface area contributed by atoms with Gasteiger partial charge in [-0.3, -0.25) is 4.79 Å². The van der Waals surface area contributed by atoms with E-state index in [1.807, 2.05) is 72.8 Å². The van der Waals surface area contributed by atoms with Crippen molar-refractivity contribution in [2.45, 2.75) is 82.8 Å². The molecule has 3 unspecified atom stereocenters. The van der Waals surface area contributed by atoms with E-state index in [1.54, 1.807) is 19.2 Å². The highest BCUT2D eigenvalue weighted by Crippen LogP contribution is 2.37. The van der Waals surface area contributed by atoms with Crippen LogP contribution in [0.2, 0.25) is 0 Å². The summed E-state index contributed by atoms with van der Waals surface area (Å²) >= 11 is 0. The van der Waals surface area contributed by atoms with Gasteiger partial charge in [0.2, 0.25) is 0 Å². The number of ketones is 2. The minimum atomic E-state index is -2.03. The molecule has 1 saturated heterocycles. The zero-order valence-electron chi connectivity index (χ0n) is 25.6. The van der Waals surface area contributed by atoms with Gasteiger partial charge in [-0.1, -0.05) is 72.8 Å². The first kappa shape index (κ1) is 31.0. The molecule has 3 aromatic rings. The van der Waals surface area contributed by atoms with Crippen LogP contribution >= 0.6 is 0 Å². The Morgan fingerprint density at radius 1 is 0.860 bits per heavy atom. The van der Waals surface area contributed by atoms with Crippen LogP contribution < -0.4 is 4.74 Å². The van der Waals surface area contributed by atoms with E-state index in [2.05, 4.69) is 0 Å². The van der Waals surface area contributed by atoms with Crippen LogP contribution in [0.15, 0.2) is 84.9 Å². The Labute approximate surface area is 253 Å². The lowest BCUT2D eigenvalue weighted by Crippen LogP contribution is -2.68. The Morgan fingerprint density at radius 2 is 1.37 bits per heavy atom. The molecule has 7 atom stereocenters. The van der Waals surface area contributed by atoms with E-state index in [9.17, 15) is 19.8 Å². The number of hydrogen-bond acceptors (Lipinski definition) is 9. The molecule has 1 heterocycles. The summed E-state index contributed by atoms with van der Waals surface area (Å²) in [5.41, 5.74) is 2.47. The van der Waals surface area contributed by atoms with E-state index in [1.165, 1.54) is 13.8 Å². The van der Waals surface area contributed by atoms with Gasteiger partial charge in [0, 0.05) is 14.2 Å². The van der Waals surface area contributed by atoms with E-state index >= 15 is 0 Å². The topological polar surface area (TPSA) is 121 Å². The average Bonchev–Trinajstić information content (AvgIpc) is 3.03. The third kappa shape index (κ3) is 9.03.